The second kappa shape index (κ2) is 4.26. The molecule has 3 nitrogen and oxygen atoms in total. The van der Waals surface area contributed by atoms with Gasteiger partial charge in [-0.3, -0.25) is 4.68 Å². The van der Waals surface area contributed by atoms with E-state index in [-0.39, 0.29) is 0 Å². The van der Waals surface area contributed by atoms with Crippen molar-refractivity contribution in [3.05, 3.63) is 18.0 Å². The molecule has 1 aromatic rings. The van der Waals surface area contributed by atoms with Crippen molar-refractivity contribution in [2.45, 2.75) is 32.9 Å². The molecule has 1 heterocycles. The maximum atomic E-state index is 4.98. The minimum atomic E-state index is 0.482. The Morgan fingerprint density at radius 3 is 3.00 bits per heavy atom. The van der Waals surface area contributed by atoms with Gasteiger partial charge in [-0.15, -0.1) is 0 Å². The summed E-state index contributed by atoms with van der Waals surface area (Å²) in [4.78, 5) is 0. The van der Waals surface area contributed by atoms with Crippen LogP contribution in [-0.2, 0) is 11.3 Å². The highest BCUT2D eigenvalue weighted by Gasteiger charge is 2.03. The fraction of sp³-hybridized carbons (Fsp3) is 0.667. The smallest absolute Gasteiger partial charge is 0.0902 e. The van der Waals surface area contributed by atoms with Crippen LogP contribution in [0, 0.1) is 0 Å². The van der Waals surface area contributed by atoms with Gasteiger partial charge in [0.25, 0.3) is 0 Å². The second-order valence-corrected chi connectivity index (χ2v) is 2.98. The number of nitrogens with zero attached hydrogens (tertiary/aromatic N) is 2. The molecule has 12 heavy (non-hydrogen) atoms. The van der Waals surface area contributed by atoms with Gasteiger partial charge in [0.15, 0.2) is 0 Å². The molecule has 1 atom stereocenters. The van der Waals surface area contributed by atoms with Crippen LogP contribution in [0.5, 0.6) is 0 Å². The van der Waals surface area contributed by atoms with Gasteiger partial charge in [0.1, 0.15) is 0 Å². The first kappa shape index (κ1) is 9.26. The third-order valence-corrected chi connectivity index (χ3v) is 2.00. The number of hydrogen-bond donors (Lipinski definition) is 0. The van der Waals surface area contributed by atoms with Crippen LogP contribution in [0.2, 0.25) is 0 Å². The maximum Gasteiger partial charge on any atom is 0.0902 e. The fourth-order valence-electron chi connectivity index (χ4n) is 1.03. The first-order chi connectivity index (χ1) is 5.77. The molecule has 0 spiro atoms. The summed E-state index contributed by atoms with van der Waals surface area (Å²) in [5, 5.41) is 4.36. The van der Waals surface area contributed by atoms with Crippen LogP contribution in [0.15, 0.2) is 12.3 Å². The summed E-state index contributed by atoms with van der Waals surface area (Å²) in [5.41, 5.74) is 0.998. The van der Waals surface area contributed by atoms with Crippen molar-refractivity contribution < 1.29 is 4.74 Å². The number of aromatic nitrogens is 2. The van der Waals surface area contributed by atoms with Crippen LogP contribution < -0.4 is 0 Å². The van der Waals surface area contributed by atoms with E-state index in [1.54, 1.807) is 7.11 Å². The molecule has 0 saturated carbocycles. The van der Waals surface area contributed by atoms with E-state index in [2.05, 4.69) is 18.9 Å². The summed E-state index contributed by atoms with van der Waals surface area (Å²) >= 11 is 0. The molecule has 1 aromatic heterocycles. The average molecular weight is 168 g/mol. The molecule has 0 bridgehead atoms. The zero-order valence-corrected chi connectivity index (χ0v) is 7.95. The van der Waals surface area contributed by atoms with Gasteiger partial charge in [-0.05, 0) is 19.4 Å². The Labute approximate surface area is 73.3 Å². The third-order valence-electron chi connectivity index (χ3n) is 2.00. The zero-order valence-electron chi connectivity index (χ0n) is 7.95. The lowest BCUT2D eigenvalue weighted by Gasteiger charge is -2.07. The highest BCUT2D eigenvalue weighted by molar-refractivity contribution is 4.97. The van der Waals surface area contributed by atoms with E-state index in [0.29, 0.717) is 12.6 Å². The molecule has 0 radical (unpaired) electrons. The van der Waals surface area contributed by atoms with E-state index in [4.69, 9.17) is 4.74 Å². The normalized spacial score (nSPS) is 13.2. The van der Waals surface area contributed by atoms with Crippen molar-refractivity contribution >= 4 is 0 Å². The van der Waals surface area contributed by atoms with Gasteiger partial charge in [0.05, 0.1) is 12.3 Å². The van der Waals surface area contributed by atoms with E-state index < -0.39 is 0 Å². The second-order valence-electron chi connectivity index (χ2n) is 2.98. The van der Waals surface area contributed by atoms with Crippen molar-refractivity contribution in [2.75, 3.05) is 7.11 Å². The molecule has 0 aliphatic heterocycles. The van der Waals surface area contributed by atoms with Crippen LogP contribution in [0.25, 0.3) is 0 Å². The minimum Gasteiger partial charge on any atom is -0.378 e. The Balaban J connectivity index is 2.63. The number of methoxy groups -OCH3 is 1. The molecule has 68 valence electrons. The maximum absolute atomic E-state index is 4.98. The van der Waals surface area contributed by atoms with E-state index in [0.717, 1.165) is 12.1 Å². The summed E-state index contributed by atoms with van der Waals surface area (Å²) in [6.45, 7) is 4.91. The van der Waals surface area contributed by atoms with Gasteiger partial charge in [-0.25, -0.2) is 0 Å². The monoisotopic (exact) mass is 168 g/mol. The quantitative estimate of drug-likeness (QED) is 0.687. The summed E-state index contributed by atoms with van der Waals surface area (Å²) < 4.78 is 6.96. The van der Waals surface area contributed by atoms with Crippen molar-refractivity contribution in [1.82, 2.24) is 9.78 Å². The van der Waals surface area contributed by atoms with Crippen molar-refractivity contribution in [1.29, 1.82) is 0 Å². The first-order valence-corrected chi connectivity index (χ1v) is 4.31. The summed E-state index contributed by atoms with van der Waals surface area (Å²) in [6, 6.07) is 2.48. The molecule has 0 saturated heterocycles. The number of ether oxygens (including phenoxy) is 1. The minimum absolute atomic E-state index is 0.482. The molecular weight excluding hydrogens is 152 g/mol. The van der Waals surface area contributed by atoms with Crippen molar-refractivity contribution in [2.24, 2.45) is 0 Å². The van der Waals surface area contributed by atoms with Gasteiger partial charge in [-0.1, -0.05) is 6.92 Å². The lowest BCUT2D eigenvalue weighted by molar-refractivity contribution is 0.180. The first-order valence-electron chi connectivity index (χ1n) is 4.31. The largest absolute Gasteiger partial charge is 0.378 e. The highest BCUT2D eigenvalue weighted by Crippen LogP contribution is 2.09. The molecule has 0 fully saturated rings. The fourth-order valence-corrected chi connectivity index (χ4v) is 1.03. The van der Waals surface area contributed by atoms with Crippen molar-refractivity contribution in [3.63, 3.8) is 0 Å². The Morgan fingerprint density at radius 1 is 1.67 bits per heavy atom. The van der Waals surface area contributed by atoms with E-state index in [1.807, 2.05) is 16.9 Å². The highest BCUT2D eigenvalue weighted by atomic mass is 16.5. The standard InChI is InChI=1S/C9H16N2O/c1-4-8(2)11-6-5-9(10-11)7-12-3/h5-6,8H,4,7H2,1-3H3/t8-/m0/s1. The molecule has 0 aliphatic carbocycles. The van der Waals surface area contributed by atoms with Crippen LogP contribution >= 0.6 is 0 Å². The third kappa shape index (κ3) is 2.08. The predicted molar refractivity (Wildman–Crippen MR) is 47.9 cm³/mol. The summed E-state index contributed by atoms with van der Waals surface area (Å²) in [5.74, 6) is 0. The zero-order chi connectivity index (χ0) is 8.97. The number of hydrogen-bond acceptors (Lipinski definition) is 2. The van der Waals surface area contributed by atoms with Crippen LogP contribution in [-0.4, -0.2) is 16.9 Å². The van der Waals surface area contributed by atoms with Crippen molar-refractivity contribution in [3.8, 4) is 0 Å². The topological polar surface area (TPSA) is 27.1 Å². The molecule has 0 N–H and O–H groups in total. The van der Waals surface area contributed by atoms with E-state index in [1.165, 1.54) is 0 Å². The molecule has 3 heteroatoms. The van der Waals surface area contributed by atoms with Gasteiger partial charge in [0.2, 0.25) is 0 Å². The average Bonchev–Trinajstić information content (AvgIpc) is 2.52. The van der Waals surface area contributed by atoms with Crippen LogP contribution in [0.4, 0.5) is 0 Å². The molecular formula is C9H16N2O. The molecule has 0 aliphatic rings. The molecule has 0 aromatic carbocycles. The number of rotatable bonds is 4. The van der Waals surface area contributed by atoms with E-state index in [9.17, 15) is 0 Å². The SMILES string of the molecule is CC[C@H](C)n1ccc(COC)n1. The van der Waals surface area contributed by atoms with Crippen LogP contribution in [0.3, 0.4) is 0 Å². The molecule has 1 rings (SSSR count). The Bertz CT molecular complexity index is 232. The molecule has 0 amide bonds. The lowest BCUT2D eigenvalue weighted by Crippen LogP contribution is -2.04. The Hall–Kier alpha value is -0.830. The summed E-state index contributed by atoms with van der Waals surface area (Å²) in [7, 11) is 1.68. The Morgan fingerprint density at radius 2 is 2.42 bits per heavy atom. The van der Waals surface area contributed by atoms with Gasteiger partial charge in [0, 0.05) is 19.3 Å². The summed E-state index contributed by atoms with van der Waals surface area (Å²) in [6.07, 6.45) is 3.11. The Kier molecular flexibility index (Phi) is 3.29. The van der Waals surface area contributed by atoms with Crippen LogP contribution in [0.1, 0.15) is 32.0 Å². The van der Waals surface area contributed by atoms with Gasteiger partial charge >= 0.3 is 0 Å². The van der Waals surface area contributed by atoms with Gasteiger partial charge in [-0.2, -0.15) is 5.10 Å². The molecule has 0 unspecified atom stereocenters. The van der Waals surface area contributed by atoms with Gasteiger partial charge < -0.3 is 4.74 Å². The predicted octanol–water partition coefficient (Wildman–Crippen LogP) is 2.00. The van der Waals surface area contributed by atoms with E-state index >= 15 is 0 Å². The lowest BCUT2D eigenvalue weighted by atomic mass is 10.3.